The first kappa shape index (κ1) is 23.6. The van der Waals surface area contributed by atoms with Crippen LogP contribution in [0, 0.1) is 10.1 Å². The molecule has 11 heteroatoms. The zero-order valence-corrected chi connectivity index (χ0v) is 18.3. The summed E-state index contributed by atoms with van der Waals surface area (Å²) in [5.41, 5.74) is -0.263. The van der Waals surface area contributed by atoms with Gasteiger partial charge in [0.15, 0.2) is 5.96 Å². The number of nitrogens with zero attached hydrogens (tertiary/aromatic N) is 2. The summed E-state index contributed by atoms with van der Waals surface area (Å²) in [5, 5.41) is 17.3. The highest BCUT2D eigenvalue weighted by molar-refractivity contribution is 14.0. The number of guanidine groups is 1. The van der Waals surface area contributed by atoms with E-state index >= 15 is 0 Å². The van der Waals surface area contributed by atoms with Crippen molar-refractivity contribution in [3.05, 3.63) is 34.4 Å². The molecule has 0 spiro atoms. The van der Waals surface area contributed by atoms with Crippen molar-refractivity contribution in [2.45, 2.75) is 43.5 Å². The minimum atomic E-state index is -3.81. The molecule has 0 unspecified atom stereocenters. The lowest BCUT2D eigenvalue weighted by molar-refractivity contribution is -0.385. The quantitative estimate of drug-likeness (QED) is 0.122. The first-order chi connectivity index (χ1) is 12.4. The molecule has 0 aliphatic heterocycles. The number of rotatable bonds is 8. The van der Waals surface area contributed by atoms with E-state index in [0.717, 1.165) is 25.5 Å². The minimum Gasteiger partial charge on any atom is -0.357 e. The number of nitrogens with one attached hydrogen (secondary N) is 3. The van der Waals surface area contributed by atoms with Crippen molar-refractivity contribution in [3.8, 4) is 0 Å². The highest BCUT2D eigenvalue weighted by Gasteiger charge is 2.18. The number of aliphatic imine (C=N–C) groups is 1. The van der Waals surface area contributed by atoms with Gasteiger partial charge in [-0.2, -0.15) is 0 Å². The standard InChI is InChI=1S/C16H25N5O4S.HI/c1-2-17-16(20-13-6-3-4-7-13)18-10-11-19-26(24,25)15-9-5-8-14(12-15)21(22)23;/h5,8-9,12-13,19H,2-4,6-7,10-11H2,1H3,(H2,17,18,20);1H. The number of nitro groups is 1. The van der Waals surface area contributed by atoms with Gasteiger partial charge in [0, 0.05) is 31.3 Å². The lowest BCUT2D eigenvalue weighted by atomic mass is 10.2. The molecule has 1 aromatic carbocycles. The molecule has 0 saturated heterocycles. The van der Waals surface area contributed by atoms with Crippen LogP contribution in [0.25, 0.3) is 0 Å². The Morgan fingerprint density at radius 1 is 1.33 bits per heavy atom. The SMILES string of the molecule is CCNC(=NCCNS(=O)(=O)c1cccc([N+](=O)[O-])c1)NC1CCCC1.I. The fourth-order valence-electron chi connectivity index (χ4n) is 2.78. The summed E-state index contributed by atoms with van der Waals surface area (Å²) in [6.45, 7) is 3.05. The van der Waals surface area contributed by atoms with Crippen LogP contribution >= 0.6 is 24.0 Å². The summed E-state index contributed by atoms with van der Waals surface area (Å²) in [7, 11) is -3.81. The van der Waals surface area contributed by atoms with Gasteiger partial charge in [0.05, 0.1) is 16.4 Å². The molecule has 152 valence electrons. The van der Waals surface area contributed by atoms with E-state index in [9.17, 15) is 18.5 Å². The average molecular weight is 511 g/mol. The Hall–Kier alpha value is -1.47. The van der Waals surface area contributed by atoms with E-state index in [-0.39, 0.29) is 47.6 Å². The molecule has 0 bridgehead atoms. The second-order valence-corrected chi connectivity index (χ2v) is 7.81. The highest BCUT2D eigenvalue weighted by atomic mass is 127. The molecular formula is C16H26IN5O4S. The van der Waals surface area contributed by atoms with Gasteiger partial charge in [0.1, 0.15) is 0 Å². The molecule has 1 aromatic rings. The summed E-state index contributed by atoms with van der Waals surface area (Å²) in [6, 6.07) is 5.37. The van der Waals surface area contributed by atoms with Crippen molar-refractivity contribution in [1.29, 1.82) is 0 Å². The predicted octanol–water partition coefficient (Wildman–Crippen LogP) is 1.99. The lowest BCUT2D eigenvalue weighted by Crippen LogP contribution is -2.42. The molecule has 9 nitrogen and oxygen atoms in total. The third-order valence-corrected chi connectivity index (χ3v) is 5.51. The number of halogens is 1. The minimum absolute atomic E-state index is 0. The molecule has 27 heavy (non-hydrogen) atoms. The second-order valence-electron chi connectivity index (χ2n) is 6.04. The molecule has 2 rings (SSSR count). The van der Waals surface area contributed by atoms with Crippen molar-refractivity contribution < 1.29 is 13.3 Å². The van der Waals surface area contributed by atoms with Crippen LogP contribution in [0.2, 0.25) is 0 Å². The van der Waals surface area contributed by atoms with Gasteiger partial charge in [-0.25, -0.2) is 13.1 Å². The van der Waals surface area contributed by atoms with Crippen LogP contribution in [0.4, 0.5) is 5.69 Å². The molecule has 1 aliphatic carbocycles. The zero-order chi connectivity index (χ0) is 19.0. The smallest absolute Gasteiger partial charge is 0.270 e. The Bertz CT molecular complexity index is 751. The number of non-ortho nitro benzene ring substituents is 1. The molecule has 1 fully saturated rings. The number of sulfonamides is 1. The maximum Gasteiger partial charge on any atom is 0.270 e. The van der Waals surface area contributed by atoms with Gasteiger partial charge in [-0.3, -0.25) is 15.1 Å². The topological polar surface area (TPSA) is 126 Å². The maximum absolute atomic E-state index is 12.2. The lowest BCUT2D eigenvalue weighted by Gasteiger charge is -2.16. The van der Waals surface area contributed by atoms with Crippen LogP contribution in [0.15, 0.2) is 34.2 Å². The predicted molar refractivity (Wildman–Crippen MR) is 115 cm³/mol. The Morgan fingerprint density at radius 2 is 2.04 bits per heavy atom. The summed E-state index contributed by atoms with van der Waals surface area (Å²) < 4.78 is 26.9. The maximum atomic E-state index is 12.2. The molecule has 0 atom stereocenters. The molecular weight excluding hydrogens is 485 g/mol. The normalized spacial score (nSPS) is 15.2. The fourth-order valence-corrected chi connectivity index (χ4v) is 3.84. The summed E-state index contributed by atoms with van der Waals surface area (Å²) in [5.74, 6) is 0.675. The van der Waals surface area contributed by atoms with Crippen molar-refractivity contribution in [3.63, 3.8) is 0 Å². The van der Waals surface area contributed by atoms with Crippen molar-refractivity contribution in [2.75, 3.05) is 19.6 Å². The molecule has 0 heterocycles. The molecule has 1 saturated carbocycles. The van der Waals surface area contributed by atoms with E-state index in [1.807, 2.05) is 6.92 Å². The number of hydrogen-bond acceptors (Lipinski definition) is 5. The summed E-state index contributed by atoms with van der Waals surface area (Å²) in [4.78, 5) is 14.4. The first-order valence-corrected chi connectivity index (χ1v) is 10.2. The largest absolute Gasteiger partial charge is 0.357 e. The van der Waals surface area contributed by atoms with Gasteiger partial charge >= 0.3 is 0 Å². The van der Waals surface area contributed by atoms with Crippen molar-refractivity contribution in [1.82, 2.24) is 15.4 Å². The Balaban J connectivity index is 0.00000364. The van der Waals surface area contributed by atoms with E-state index < -0.39 is 14.9 Å². The van der Waals surface area contributed by atoms with Crippen LogP contribution in [0.1, 0.15) is 32.6 Å². The summed E-state index contributed by atoms with van der Waals surface area (Å²) in [6.07, 6.45) is 4.65. The van der Waals surface area contributed by atoms with Crippen molar-refractivity contribution >= 4 is 45.6 Å². The summed E-state index contributed by atoms with van der Waals surface area (Å²) >= 11 is 0. The fraction of sp³-hybridized carbons (Fsp3) is 0.562. The number of benzene rings is 1. The van der Waals surface area contributed by atoms with E-state index in [1.165, 1.54) is 31.0 Å². The van der Waals surface area contributed by atoms with Crippen LogP contribution in [0.3, 0.4) is 0 Å². The molecule has 0 aromatic heterocycles. The monoisotopic (exact) mass is 511 g/mol. The number of hydrogen-bond donors (Lipinski definition) is 3. The van der Waals surface area contributed by atoms with Gasteiger partial charge in [-0.1, -0.05) is 18.9 Å². The van der Waals surface area contributed by atoms with E-state index in [4.69, 9.17) is 0 Å². The molecule has 0 amide bonds. The van der Waals surface area contributed by atoms with Crippen LogP contribution in [0.5, 0.6) is 0 Å². The van der Waals surface area contributed by atoms with E-state index in [2.05, 4.69) is 20.3 Å². The van der Waals surface area contributed by atoms with Crippen LogP contribution < -0.4 is 15.4 Å². The first-order valence-electron chi connectivity index (χ1n) is 8.71. The van der Waals surface area contributed by atoms with E-state index in [1.54, 1.807) is 0 Å². The van der Waals surface area contributed by atoms with Gasteiger partial charge in [-0.05, 0) is 25.8 Å². The van der Waals surface area contributed by atoms with E-state index in [0.29, 0.717) is 12.0 Å². The Labute approximate surface area is 176 Å². The average Bonchev–Trinajstić information content (AvgIpc) is 3.12. The van der Waals surface area contributed by atoms with Crippen LogP contribution in [-0.2, 0) is 10.0 Å². The van der Waals surface area contributed by atoms with Crippen molar-refractivity contribution in [2.24, 2.45) is 4.99 Å². The Morgan fingerprint density at radius 3 is 2.67 bits per heavy atom. The van der Waals surface area contributed by atoms with Crippen LogP contribution in [-0.4, -0.2) is 45.0 Å². The molecule has 1 aliphatic rings. The molecule has 0 radical (unpaired) electrons. The molecule has 3 N–H and O–H groups in total. The highest BCUT2D eigenvalue weighted by Crippen LogP contribution is 2.18. The zero-order valence-electron chi connectivity index (χ0n) is 15.2. The van der Waals surface area contributed by atoms with Gasteiger partial charge in [-0.15, -0.1) is 24.0 Å². The van der Waals surface area contributed by atoms with Gasteiger partial charge in [0.2, 0.25) is 10.0 Å². The van der Waals surface area contributed by atoms with Gasteiger partial charge in [0.25, 0.3) is 5.69 Å². The third-order valence-electron chi connectivity index (χ3n) is 4.05. The number of nitro benzene ring substituents is 1. The third kappa shape index (κ3) is 7.58. The Kier molecular flexibility index (Phi) is 9.94. The second kappa shape index (κ2) is 11.4. The van der Waals surface area contributed by atoms with Gasteiger partial charge < -0.3 is 10.6 Å².